The van der Waals surface area contributed by atoms with E-state index in [1.54, 1.807) is 0 Å². The number of rotatable bonds is 2. The third-order valence-corrected chi connectivity index (χ3v) is 7.49. The van der Waals surface area contributed by atoms with Gasteiger partial charge in [0.05, 0.1) is 5.92 Å². The fourth-order valence-corrected chi connectivity index (χ4v) is 6.64. The van der Waals surface area contributed by atoms with Gasteiger partial charge in [0.25, 0.3) is 0 Å². The predicted octanol–water partition coefficient (Wildman–Crippen LogP) is 4.35. The molecule has 0 spiro atoms. The van der Waals surface area contributed by atoms with Crippen LogP contribution in [0.2, 0.25) is 0 Å². The molecule has 0 aromatic heterocycles. The van der Waals surface area contributed by atoms with E-state index in [-0.39, 0.29) is 29.2 Å². The van der Waals surface area contributed by atoms with Crippen LogP contribution in [0.4, 0.5) is 0 Å². The number of allylic oxidation sites excluding steroid dienone is 1. The summed E-state index contributed by atoms with van der Waals surface area (Å²) >= 11 is 0. The van der Waals surface area contributed by atoms with E-state index in [4.69, 9.17) is 14.2 Å². The van der Waals surface area contributed by atoms with E-state index in [1.807, 2.05) is 0 Å². The van der Waals surface area contributed by atoms with Crippen LogP contribution in [0.15, 0.2) is 11.1 Å². The summed E-state index contributed by atoms with van der Waals surface area (Å²) in [5, 5.41) is 0. The van der Waals surface area contributed by atoms with Gasteiger partial charge in [-0.1, -0.05) is 32.8 Å². The highest BCUT2D eigenvalue weighted by atomic mass is 16.8. The zero-order valence-corrected chi connectivity index (χ0v) is 17.2. The Kier molecular flexibility index (Phi) is 4.45. The van der Waals surface area contributed by atoms with Crippen molar-refractivity contribution in [1.82, 2.24) is 0 Å². The van der Waals surface area contributed by atoms with Gasteiger partial charge in [0.15, 0.2) is 0 Å². The van der Waals surface area contributed by atoms with Crippen LogP contribution < -0.4 is 0 Å². The Bertz CT molecular complexity index is 693. The molecule has 0 aromatic rings. The van der Waals surface area contributed by atoms with E-state index in [9.17, 15) is 9.59 Å². The summed E-state index contributed by atoms with van der Waals surface area (Å²) in [5.41, 5.74) is 2.50. The molecular formula is C22H32O5. The number of ether oxygens (including phenoxy) is 3. The van der Waals surface area contributed by atoms with Gasteiger partial charge < -0.3 is 14.2 Å². The van der Waals surface area contributed by atoms with E-state index in [0.717, 1.165) is 18.4 Å². The second-order valence-corrected chi connectivity index (χ2v) is 10.2. The van der Waals surface area contributed by atoms with Crippen LogP contribution in [0.3, 0.4) is 0 Å². The lowest BCUT2D eigenvalue weighted by Crippen LogP contribution is -2.37. The molecule has 5 nitrogen and oxygen atoms in total. The summed E-state index contributed by atoms with van der Waals surface area (Å²) in [6.07, 6.45) is 5.55. The van der Waals surface area contributed by atoms with Crippen molar-refractivity contribution in [2.75, 3.05) is 0 Å². The van der Waals surface area contributed by atoms with Crippen molar-refractivity contribution in [3.8, 4) is 0 Å². The third kappa shape index (κ3) is 3.12. The first-order valence-electron chi connectivity index (χ1n) is 10.4. The normalized spacial score (nSPS) is 43.1. The minimum absolute atomic E-state index is 0.000464. The molecule has 1 unspecified atom stereocenters. The molecule has 150 valence electrons. The van der Waals surface area contributed by atoms with Crippen molar-refractivity contribution < 1.29 is 23.8 Å². The maximum Gasteiger partial charge on any atom is 0.336 e. The van der Waals surface area contributed by atoms with Gasteiger partial charge in [0.2, 0.25) is 12.6 Å². The second-order valence-electron chi connectivity index (χ2n) is 10.2. The number of hydrogen-bond acceptors (Lipinski definition) is 5. The van der Waals surface area contributed by atoms with Crippen LogP contribution in [-0.4, -0.2) is 24.5 Å². The standard InChI is InChI=1S/C22H32O5/c1-12-15(22(5)10-6-9-21(3,4)11-22)8-7-14-17-16(12)18(24)26-20(17)27-19(14)25-13(2)23/h14-15,17,19-20H,6-11H2,1-5H3/t14-,15+,17-,19-,20?,22+/m1/s1. The van der Waals surface area contributed by atoms with Gasteiger partial charge in [-0.3, -0.25) is 4.79 Å². The lowest BCUT2D eigenvalue weighted by atomic mass is 9.57. The first-order chi connectivity index (χ1) is 12.6. The van der Waals surface area contributed by atoms with Gasteiger partial charge in [0.1, 0.15) is 0 Å². The molecule has 27 heavy (non-hydrogen) atoms. The van der Waals surface area contributed by atoms with Crippen molar-refractivity contribution in [3.05, 3.63) is 11.1 Å². The zero-order valence-electron chi connectivity index (χ0n) is 17.2. The fraction of sp³-hybridized carbons (Fsp3) is 0.818. The molecule has 2 aliphatic carbocycles. The Balaban J connectivity index is 1.69. The van der Waals surface area contributed by atoms with E-state index < -0.39 is 12.6 Å². The van der Waals surface area contributed by atoms with Crippen LogP contribution >= 0.6 is 0 Å². The van der Waals surface area contributed by atoms with E-state index in [0.29, 0.717) is 11.3 Å². The van der Waals surface area contributed by atoms with Crippen molar-refractivity contribution in [1.29, 1.82) is 0 Å². The van der Waals surface area contributed by atoms with E-state index in [1.165, 1.54) is 38.2 Å². The maximum atomic E-state index is 12.7. The molecule has 0 radical (unpaired) electrons. The summed E-state index contributed by atoms with van der Waals surface area (Å²) in [6.45, 7) is 10.7. The summed E-state index contributed by atoms with van der Waals surface area (Å²) < 4.78 is 16.8. The van der Waals surface area contributed by atoms with E-state index >= 15 is 0 Å². The Labute approximate surface area is 161 Å². The van der Waals surface area contributed by atoms with Gasteiger partial charge in [-0.05, 0) is 55.8 Å². The summed E-state index contributed by atoms with van der Waals surface area (Å²) in [4.78, 5) is 24.2. The molecule has 1 saturated carbocycles. The van der Waals surface area contributed by atoms with Gasteiger partial charge in [-0.25, -0.2) is 4.79 Å². The predicted molar refractivity (Wildman–Crippen MR) is 99.3 cm³/mol. The Morgan fingerprint density at radius 1 is 1.19 bits per heavy atom. The SMILES string of the molecule is CC(=O)O[C@@H]1OC2OC(=O)C3=C(C)[C@@H]([C@@]4(C)CCCC(C)(C)C4)CC[C@@H]1[C@H]32. The van der Waals surface area contributed by atoms with Gasteiger partial charge in [-0.15, -0.1) is 0 Å². The number of hydrogen-bond donors (Lipinski definition) is 0. The molecular weight excluding hydrogens is 344 g/mol. The number of carbonyl (C=O) groups is 2. The molecule has 0 N–H and O–H groups in total. The minimum atomic E-state index is -0.609. The highest BCUT2D eigenvalue weighted by Gasteiger charge is 2.58. The largest absolute Gasteiger partial charge is 0.435 e. The molecule has 6 atom stereocenters. The average Bonchev–Trinajstić information content (AvgIpc) is 2.93. The lowest BCUT2D eigenvalue weighted by molar-refractivity contribution is -0.208. The minimum Gasteiger partial charge on any atom is -0.435 e. The molecule has 4 aliphatic rings. The van der Waals surface area contributed by atoms with Crippen molar-refractivity contribution in [2.45, 2.75) is 85.7 Å². The summed E-state index contributed by atoms with van der Waals surface area (Å²) in [5.74, 6) is -0.329. The van der Waals surface area contributed by atoms with Crippen LogP contribution in [0, 0.1) is 28.6 Å². The second kappa shape index (κ2) is 6.33. The first-order valence-corrected chi connectivity index (χ1v) is 10.4. The van der Waals surface area contributed by atoms with Crippen LogP contribution in [0.5, 0.6) is 0 Å². The molecule has 2 heterocycles. The number of carbonyl (C=O) groups excluding carboxylic acids is 2. The van der Waals surface area contributed by atoms with E-state index in [2.05, 4.69) is 27.7 Å². The maximum absolute atomic E-state index is 12.7. The molecule has 4 rings (SSSR count). The van der Waals surface area contributed by atoms with Gasteiger partial charge in [0, 0.05) is 18.4 Å². The average molecular weight is 376 g/mol. The highest BCUT2D eigenvalue weighted by Crippen LogP contribution is 2.58. The van der Waals surface area contributed by atoms with Crippen LogP contribution in [-0.2, 0) is 23.8 Å². The van der Waals surface area contributed by atoms with Crippen LogP contribution in [0.1, 0.15) is 73.1 Å². The molecule has 3 fully saturated rings. The molecule has 2 saturated heterocycles. The Hall–Kier alpha value is -1.36. The zero-order chi connectivity index (χ0) is 19.6. The third-order valence-electron chi connectivity index (χ3n) is 7.49. The van der Waals surface area contributed by atoms with Crippen LogP contribution in [0.25, 0.3) is 0 Å². The molecule has 0 aromatic carbocycles. The van der Waals surface area contributed by atoms with Gasteiger partial charge >= 0.3 is 11.9 Å². The lowest BCUT2D eigenvalue weighted by Gasteiger charge is -2.48. The monoisotopic (exact) mass is 376 g/mol. The molecule has 2 aliphatic heterocycles. The Morgan fingerprint density at radius 3 is 2.59 bits per heavy atom. The highest BCUT2D eigenvalue weighted by molar-refractivity contribution is 5.92. The fourth-order valence-electron chi connectivity index (χ4n) is 6.64. The summed E-state index contributed by atoms with van der Waals surface area (Å²) in [7, 11) is 0. The molecule has 5 heteroatoms. The van der Waals surface area contributed by atoms with Crippen molar-refractivity contribution in [3.63, 3.8) is 0 Å². The Morgan fingerprint density at radius 2 is 1.93 bits per heavy atom. The number of esters is 2. The quantitative estimate of drug-likeness (QED) is 0.670. The smallest absolute Gasteiger partial charge is 0.336 e. The topological polar surface area (TPSA) is 61.8 Å². The summed E-state index contributed by atoms with van der Waals surface area (Å²) in [6, 6.07) is 0. The van der Waals surface area contributed by atoms with Gasteiger partial charge in [-0.2, -0.15) is 0 Å². The van der Waals surface area contributed by atoms with Crippen molar-refractivity contribution >= 4 is 11.9 Å². The molecule has 0 amide bonds. The first kappa shape index (κ1) is 19.0. The van der Waals surface area contributed by atoms with Crippen molar-refractivity contribution in [2.24, 2.45) is 28.6 Å². The molecule has 0 bridgehead atoms.